The van der Waals surface area contributed by atoms with Gasteiger partial charge in [-0.15, -0.1) is 0 Å². The van der Waals surface area contributed by atoms with E-state index in [0.29, 0.717) is 29.9 Å². The van der Waals surface area contributed by atoms with Gasteiger partial charge in [0.15, 0.2) is 17.3 Å². The van der Waals surface area contributed by atoms with Crippen LogP contribution in [0.5, 0.6) is 23.0 Å². The first-order chi connectivity index (χ1) is 11.4. The molecular formula is C19H22O5. The summed E-state index contributed by atoms with van der Waals surface area (Å²) >= 11 is 0. The Morgan fingerprint density at radius 1 is 1.12 bits per heavy atom. The highest BCUT2D eigenvalue weighted by molar-refractivity contribution is 5.97. The smallest absolute Gasteiger partial charge is 0.163 e. The molecule has 24 heavy (non-hydrogen) atoms. The van der Waals surface area contributed by atoms with Crippen molar-refractivity contribution in [2.75, 3.05) is 6.61 Å². The third-order valence-electron chi connectivity index (χ3n) is 3.70. The molecule has 0 amide bonds. The molecule has 2 aromatic rings. The van der Waals surface area contributed by atoms with Gasteiger partial charge in [-0.2, -0.15) is 0 Å². The van der Waals surface area contributed by atoms with E-state index in [9.17, 15) is 20.1 Å². The van der Waals surface area contributed by atoms with E-state index in [1.165, 1.54) is 12.1 Å². The van der Waals surface area contributed by atoms with Crippen LogP contribution < -0.4 is 4.74 Å². The van der Waals surface area contributed by atoms with Gasteiger partial charge in [-0.1, -0.05) is 19.9 Å². The number of ether oxygens (including phenoxy) is 1. The van der Waals surface area contributed by atoms with E-state index in [0.717, 1.165) is 0 Å². The lowest BCUT2D eigenvalue weighted by Gasteiger charge is -2.12. The summed E-state index contributed by atoms with van der Waals surface area (Å²) in [6.45, 7) is 4.11. The molecule has 0 aliphatic heterocycles. The Kier molecular flexibility index (Phi) is 5.68. The summed E-state index contributed by atoms with van der Waals surface area (Å²) in [6.07, 6.45) is 0.772. The number of aromatic hydroxyl groups is 3. The fourth-order valence-corrected chi connectivity index (χ4v) is 2.38. The molecule has 0 aliphatic carbocycles. The third-order valence-corrected chi connectivity index (χ3v) is 3.70. The van der Waals surface area contributed by atoms with Gasteiger partial charge in [0, 0.05) is 23.6 Å². The molecular weight excluding hydrogens is 308 g/mol. The van der Waals surface area contributed by atoms with E-state index >= 15 is 0 Å². The van der Waals surface area contributed by atoms with Crippen LogP contribution in [-0.4, -0.2) is 27.7 Å². The fourth-order valence-electron chi connectivity index (χ4n) is 2.38. The first-order valence-corrected chi connectivity index (χ1v) is 7.89. The molecule has 0 aromatic heterocycles. The fraction of sp³-hybridized carbons (Fsp3) is 0.316. The molecule has 5 heteroatoms. The lowest BCUT2D eigenvalue weighted by molar-refractivity contribution is 0.0973. The van der Waals surface area contributed by atoms with E-state index in [1.807, 2.05) is 13.8 Å². The number of benzene rings is 2. The van der Waals surface area contributed by atoms with Crippen molar-refractivity contribution in [2.24, 2.45) is 0 Å². The lowest BCUT2D eigenvalue weighted by atomic mass is 9.96. The highest BCUT2D eigenvalue weighted by Crippen LogP contribution is 2.35. The van der Waals surface area contributed by atoms with Gasteiger partial charge in [0.25, 0.3) is 0 Å². The van der Waals surface area contributed by atoms with Crippen molar-refractivity contribution < 1.29 is 24.9 Å². The lowest BCUT2D eigenvalue weighted by Crippen LogP contribution is -2.05. The summed E-state index contributed by atoms with van der Waals surface area (Å²) in [5.74, 6) is 0.106. The summed E-state index contributed by atoms with van der Waals surface area (Å²) in [6, 6.07) is 9.39. The van der Waals surface area contributed by atoms with Gasteiger partial charge >= 0.3 is 0 Å². The van der Waals surface area contributed by atoms with E-state index in [-0.39, 0.29) is 35.4 Å². The minimum absolute atomic E-state index is 0.00209. The number of carbonyl (C=O) groups is 1. The highest BCUT2D eigenvalue weighted by Gasteiger charge is 2.15. The number of rotatable bonds is 7. The molecule has 3 N–H and O–H groups in total. The van der Waals surface area contributed by atoms with E-state index in [4.69, 9.17) is 4.74 Å². The zero-order chi connectivity index (χ0) is 17.7. The van der Waals surface area contributed by atoms with Crippen LogP contribution in [0.1, 0.15) is 48.5 Å². The monoisotopic (exact) mass is 330 g/mol. The van der Waals surface area contributed by atoms with Gasteiger partial charge in [0.2, 0.25) is 0 Å². The SMILES string of the molecule is CC(C)c1cc(C(=O)CCCOc2cccc(O)c2)cc(O)c1O. The van der Waals surface area contributed by atoms with Gasteiger partial charge in [-0.05, 0) is 36.6 Å². The van der Waals surface area contributed by atoms with Crippen LogP contribution in [0, 0.1) is 0 Å². The topological polar surface area (TPSA) is 87.0 Å². The third kappa shape index (κ3) is 4.41. The number of phenolic OH excluding ortho intramolecular Hbond substituents is 3. The van der Waals surface area contributed by atoms with Crippen molar-refractivity contribution in [3.8, 4) is 23.0 Å². The number of Topliss-reactive ketones (excluding diaryl/α,β-unsaturated/α-hetero) is 1. The second-order valence-corrected chi connectivity index (χ2v) is 5.96. The Morgan fingerprint density at radius 2 is 1.88 bits per heavy atom. The Morgan fingerprint density at radius 3 is 2.54 bits per heavy atom. The minimum Gasteiger partial charge on any atom is -0.508 e. The number of hydrogen-bond donors (Lipinski definition) is 3. The maximum absolute atomic E-state index is 12.3. The predicted octanol–water partition coefficient (Wildman–Crippen LogP) is 3.97. The number of ketones is 1. The van der Waals surface area contributed by atoms with Crippen LogP contribution in [0.4, 0.5) is 0 Å². The molecule has 0 fully saturated rings. The number of hydrogen-bond acceptors (Lipinski definition) is 5. The van der Waals surface area contributed by atoms with Crippen LogP contribution >= 0.6 is 0 Å². The molecule has 0 saturated carbocycles. The summed E-state index contributed by atoms with van der Waals surface area (Å²) < 4.78 is 5.48. The van der Waals surface area contributed by atoms with Crippen LogP contribution in [0.25, 0.3) is 0 Å². The van der Waals surface area contributed by atoms with Crippen LogP contribution in [0.15, 0.2) is 36.4 Å². The van der Waals surface area contributed by atoms with Crippen molar-refractivity contribution in [1.29, 1.82) is 0 Å². The van der Waals surface area contributed by atoms with Gasteiger partial charge in [-0.3, -0.25) is 4.79 Å². The van der Waals surface area contributed by atoms with E-state index < -0.39 is 0 Å². The predicted molar refractivity (Wildman–Crippen MR) is 91.0 cm³/mol. The average molecular weight is 330 g/mol. The molecule has 2 rings (SSSR count). The first kappa shape index (κ1) is 17.7. The molecule has 0 heterocycles. The standard InChI is InChI=1S/C19H22O5/c1-12(2)16-9-13(10-18(22)19(16)23)17(21)7-4-8-24-15-6-3-5-14(20)11-15/h3,5-6,9-12,20,22-23H,4,7-8H2,1-2H3. The molecule has 0 bridgehead atoms. The molecule has 128 valence electrons. The van der Waals surface area contributed by atoms with Crippen LogP contribution in [0.2, 0.25) is 0 Å². The van der Waals surface area contributed by atoms with E-state index in [2.05, 4.69) is 0 Å². The Balaban J connectivity index is 1.93. The van der Waals surface area contributed by atoms with Crippen molar-refractivity contribution in [3.05, 3.63) is 47.5 Å². The molecule has 0 spiro atoms. The van der Waals surface area contributed by atoms with Crippen molar-refractivity contribution in [1.82, 2.24) is 0 Å². The summed E-state index contributed by atoms with van der Waals surface area (Å²) in [5, 5.41) is 29.0. The molecule has 5 nitrogen and oxygen atoms in total. The summed E-state index contributed by atoms with van der Waals surface area (Å²) in [7, 11) is 0. The minimum atomic E-state index is -0.277. The largest absolute Gasteiger partial charge is 0.508 e. The van der Waals surface area contributed by atoms with Crippen molar-refractivity contribution >= 4 is 5.78 Å². The van der Waals surface area contributed by atoms with Crippen LogP contribution in [0.3, 0.4) is 0 Å². The average Bonchev–Trinajstić information content (AvgIpc) is 2.53. The molecule has 0 aliphatic rings. The van der Waals surface area contributed by atoms with Gasteiger partial charge < -0.3 is 20.1 Å². The normalized spacial score (nSPS) is 10.8. The second kappa shape index (κ2) is 7.73. The van der Waals surface area contributed by atoms with E-state index in [1.54, 1.807) is 24.3 Å². The van der Waals surface area contributed by atoms with Crippen LogP contribution in [-0.2, 0) is 0 Å². The zero-order valence-electron chi connectivity index (χ0n) is 13.8. The quantitative estimate of drug-likeness (QED) is 0.406. The molecule has 0 atom stereocenters. The Hall–Kier alpha value is -2.69. The maximum atomic E-state index is 12.3. The summed E-state index contributed by atoms with van der Waals surface area (Å²) in [4.78, 5) is 12.3. The Labute approximate surface area is 141 Å². The second-order valence-electron chi connectivity index (χ2n) is 5.96. The Bertz CT molecular complexity index is 722. The van der Waals surface area contributed by atoms with Gasteiger partial charge in [0.1, 0.15) is 11.5 Å². The molecule has 0 saturated heterocycles. The summed E-state index contributed by atoms with van der Waals surface area (Å²) in [5.41, 5.74) is 0.931. The maximum Gasteiger partial charge on any atom is 0.163 e. The van der Waals surface area contributed by atoms with Gasteiger partial charge in [0.05, 0.1) is 6.61 Å². The molecule has 0 unspecified atom stereocenters. The zero-order valence-corrected chi connectivity index (χ0v) is 13.8. The molecule has 0 radical (unpaired) electrons. The van der Waals surface area contributed by atoms with Crippen molar-refractivity contribution in [3.63, 3.8) is 0 Å². The highest BCUT2D eigenvalue weighted by atomic mass is 16.5. The van der Waals surface area contributed by atoms with Gasteiger partial charge in [-0.25, -0.2) is 0 Å². The molecule has 2 aromatic carbocycles. The number of phenols is 3. The van der Waals surface area contributed by atoms with Crippen molar-refractivity contribution in [2.45, 2.75) is 32.6 Å². The first-order valence-electron chi connectivity index (χ1n) is 7.89. The number of carbonyl (C=O) groups excluding carboxylic acids is 1.